The van der Waals surface area contributed by atoms with E-state index in [4.69, 9.17) is 5.11 Å². The highest BCUT2D eigenvalue weighted by Gasteiger charge is 2.03. The number of hydrogen-bond donors (Lipinski definition) is 2. The highest BCUT2D eigenvalue weighted by atomic mass is 17.2. The third kappa shape index (κ3) is 6.75. The summed E-state index contributed by atoms with van der Waals surface area (Å²) < 4.78 is 0. The normalized spacial score (nSPS) is 8.91. The van der Waals surface area contributed by atoms with E-state index in [2.05, 4.69) is 15.1 Å². The Morgan fingerprint density at radius 3 is 2.55 bits per heavy atom. The van der Waals surface area contributed by atoms with Gasteiger partial charge in [-0.25, -0.2) is 19.4 Å². The molecule has 0 heterocycles. The average molecular weight is 163 g/mol. The molecule has 0 radical (unpaired) electrons. The number of aliphatic hydroxyl groups excluding tert-OH is 1. The molecule has 0 atom stereocenters. The van der Waals surface area contributed by atoms with Crippen LogP contribution in [-0.4, -0.2) is 30.3 Å². The summed E-state index contributed by atoms with van der Waals surface area (Å²) in [6.45, 7) is 0.561. The molecule has 6 nitrogen and oxygen atoms in total. The van der Waals surface area contributed by atoms with E-state index in [0.717, 1.165) is 6.92 Å². The first-order chi connectivity index (χ1) is 5.16. The molecule has 0 aromatic heterocycles. The summed E-state index contributed by atoms with van der Waals surface area (Å²) in [5.41, 5.74) is 0. The minimum Gasteiger partial charge on any atom is -0.381 e. The van der Waals surface area contributed by atoms with Crippen LogP contribution >= 0.6 is 0 Å². The van der Waals surface area contributed by atoms with Gasteiger partial charge in [0, 0.05) is 6.92 Å². The third-order valence-corrected chi connectivity index (χ3v) is 0.633. The van der Waals surface area contributed by atoms with Gasteiger partial charge in [0.2, 0.25) is 0 Å². The lowest BCUT2D eigenvalue weighted by Crippen LogP contribution is -2.25. The van der Waals surface area contributed by atoms with E-state index in [9.17, 15) is 9.59 Å². The molecule has 11 heavy (non-hydrogen) atoms. The highest BCUT2D eigenvalue weighted by Crippen LogP contribution is 1.80. The van der Waals surface area contributed by atoms with Crippen molar-refractivity contribution in [2.75, 3.05) is 13.3 Å². The molecule has 0 aliphatic heterocycles. The van der Waals surface area contributed by atoms with Gasteiger partial charge in [-0.2, -0.15) is 0 Å². The van der Waals surface area contributed by atoms with Gasteiger partial charge in [0.15, 0.2) is 0 Å². The molecule has 0 unspecified atom stereocenters. The number of rotatable bonds is 3. The summed E-state index contributed by atoms with van der Waals surface area (Å²) in [5.74, 6) is -1.48. The van der Waals surface area contributed by atoms with Crippen LogP contribution in [0.5, 0.6) is 0 Å². The Hall–Kier alpha value is -1.14. The summed E-state index contributed by atoms with van der Waals surface area (Å²) in [6, 6.07) is 0. The molecule has 0 amide bonds. The lowest BCUT2D eigenvalue weighted by Gasteiger charge is -1.99. The van der Waals surface area contributed by atoms with Crippen molar-refractivity contribution in [3.63, 3.8) is 0 Å². The minimum atomic E-state index is -0.769. The summed E-state index contributed by atoms with van der Waals surface area (Å²) >= 11 is 0. The van der Waals surface area contributed by atoms with E-state index in [1.807, 2.05) is 0 Å². The van der Waals surface area contributed by atoms with Crippen LogP contribution in [0.15, 0.2) is 0 Å². The van der Waals surface area contributed by atoms with Crippen LogP contribution in [0.3, 0.4) is 0 Å². The molecule has 6 heteroatoms. The van der Waals surface area contributed by atoms with Crippen molar-refractivity contribution in [1.82, 2.24) is 5.32 Å². The summed E-state index contributed by atoms with van der Waals surface area (Å²) in [7, 11) is 0. The maximum Gasteiger partial charge on any atom is 0.369 e. The molecule has 0 bridgehead atoms. The smallest absolute Gasteiger partial charge is 0.369 e. The number of aliphatic hydroxyl groups is 1. The van der Waals surface area contributed by atoms with E-state index in [0.29, 0.717) is 0 Å². The van der Waals surface area contributed by atoms with Crippen molar-refractivity contribution in [1.29, 1.82) is 0 Å². The van der Waals surface area contributed by atoms with Crippen LogP contribution < -0.4 is 5.32 Å². The molecule has 64 valence electrons. The molecule has 0 saturated carbocycles. The maximum atomic E-state index is 10.4. The molecule has 0 fully saturated rings. The van der Waals surface area contributed by atoms with E-state index < -0.39 is 11.9 Å². The van der Waals surface area contributed by atoms with E-state index >= 15 is 0 Å². The highest BCUT2D eigenvalue weighted by molar-refractivity contribution is 5.73. The van der Waals surface area contributed by atoms with Gasteiger partial charge in [-0.3, -0.25) is 5.32 Å². The fraction of sp³-hybridized carbons (Fsp3) is 0.600. The van der Waals surface area contributed by atoms with Crippen molar-refractivity contribution >= 4 is 11.9 Å². The first-order valence-corrected chi connectivity index (χ1v) is 2.86. The molecule has 0 aromatic carbocycles. The van der Waals surface area contributed by atoms with Crippen molar-refractivity contribution in [2.45, 2.75) is 6.92 Å². The van der Waals surface area contributed by atoms with Crippen molar-refractivity contribution < 1.29 is 24.5 Å². The van der Waals surface area contributed by atoms with Gasteiger partial charge in [-0.15, -0.1) is 0 Å². The standard InChI is InChI=1S/C5H9NO5/c1-4(8)10-11-5(9)2-6-3-7/h6-7H,2-3H2,1H3. The van der Waals surface area contributed by atoms with E-state index in [-0.39, 0.29) is 13.3 Å². The minimum absolute atomic E-state index is 0.205. The predicted molar refractivity (Wildman–Crippen MR) is 32.9 cm³/mol. The zero-order valence-corrected chi connectivity index (χ0v) is 5.99. The number of hydrogen-bond acceptors (Lipinski definition) is 6. The van der Waals surface area contributed by atoms with Gasteiger partial charge < -0.3 is 5.11 Å². The van der Waals surface area contributed by atoms with Crippen LogP contribution in [0.2, 0.25) is 0 Å². The van der Waals surface area contributed by atoms with Crippen molar-refractivity contribution in [3.8, 4) is 0 Å². The molecular weight excluding hydrogens is 154 g/mol. The van der Waals surface area contributed by atoms with Crippen LogP contribution in [0, 0.1) is 0 Å². The molecule has 0 aromatic rings. The Labute approximate surface area is 63.0 Å². The largest absolute Gasteiger partial charge is 0.381 e. The van der Waals surface area contributed by atoms with Gasteiger partial charge in [0.25, 0.3) is 0 Å². The number of carbonyl (C=O) groups excluding carboxylic acids is 2. The topological polar surface area (TPSA) is 84.9 Å². The van der Waals surface area contributed by atoms with Gasteiger partial charge in [-0.1, -0.05) is 0 Å². The molecule has 0 aliphatic rings. The van der Waals surface area contributed by atoms with Crippen LogP contribution in [0.25, 0.3) is 0 Å². The molecule has 0 aliphatic carbocycles. The van der Waals surface area contributed by atoms with Gasteiger partial charge >= 0.3 is 11.9 Å². The van der Waals surface area contributed by atoms with Crippen LogP contribution in [0.4, 0.5) is 0 Å². The van der Waals surface area contributed by atoms with E-state index in [1.54, 1.807) is 0 Å². The first kappa shape index (κ1) is 9.86. The van der Waals surface area contributed by atoms with Crippen molar-refractivity contribution in [3.05, 3.63) is 0 Å². The molecule has 0 spiro atoms. The summed E-state index contributed by atoms with van der Waals surface area (Å²) in [5, 5.41) is 10.4. The molecule has 0 saturated heterocycles. The second-order valence-corrected chi connectivity index (χ2v) is 1.62. The summed E-state index contributed by atoms with van der Waals surface area (Å²) in [4.78, 5) is 28.3. The van der Waals surface area contributed by atoms with Gasteiger partial charge in [0.05, 0.1) is 6.73 Å². The van der Waals surface area contributed by atoms with Crippen LogP contribution in [0.1, 0.15) is 6.92 Å². The zero-order chi connectivity index (χ0) is 8.69. The Morgan fingerprint density at radius 1 is 1.45 bits per heavy atom. The summed E-state index contributed by atoms with van der Waals surface area (Å²) in [6.07, 6.45) is 0. The first-order valence-electron chi connectivity index (χ1n) is 2.86. The maximum absolute atomic E-state index is 10.4. The Balaban J connectivity index is 3.30. The Bertz CT molecular complexity index is 146. The predicted octanol–water partition coefficient (Wildman–Crippen LogP) is -1.45. The van der Waals surface area contributed by atoms with Gasteiger partial charge in [-0.05, 0) is 0 Å². The zero-order valence-electron chi connectivity index (χ0n) is 5.99. The van der Waals surface area contributed by atoms with Crippen molar-refractivity contribution in [2.24, 2.45) is 0 Å². The SMILES string of the molecule is CC(=O)OOC(=O)CNCO. The van der Waals surface area contributed by atoms with Crippen LogP contribution in [-0.2, 0) is 19.4 Å². The fourth-order valence-electron chi connectivity index (χ4n) is 0.293. The second-order valence-electron chi connectivity index (χ2n) is 1.62. The Morgan fingerprint density at radius 2 is 2.09 bits per heavy atom. The monoisotopic (exact) mass is 163 g/mol. The molecular formula is C5H9NO5. The fourth-order valence-corrected chi connectivity index (χ4v) is 0.293. The lowest BCUT2D eigenvalue weighted by molar-refractivity contribution is -0.256. The van der Waals surface area contributed by atoms with Gasteiger partial charge in [0.1, 0.15) is 6.54 Å². The third-order valence-electron chi connectivity index (χ3n) is 0.633. The second kappa shape index (κ2) is 5.63. The molecule has 0 rings (SSSR count). The lowest BCUT2D eigenvalue weighted by atomic mass is 10.7. The quantitative estimate of drug-likeness (QED) is 0.300. The van der Waals surface area contributed by atoms with E-state index in [1.165, 1.54) is 0 Å². The number of nitrogens with one attached hydrogen (secondary N) is 1. The molecule has 2 N–H and O–H groups in total. The Kier molecular flexibility index (Phi) is 5.05. The average Bonchev–Trinajstić information content (AvgIpc) is 1.97. The number of carbonyl (C=O) groups is 2.